The number of benzene rings is 1. The van der Waals surface area contributed by atoms with E-state index in [0.29, 0.717) is 10.8 Å². The maximum Gasteiger partial charge on any atom is 0.0992 e. The third-order valence-electron chi connectivity index (χ3n) is 1.96. The molecule has 14 heavy (non-hydrogen) atoms. The van der Waals surface area contributed by atoms with Gasteiger partial charge in [-0.25, -0.2) is 0 Å². The number of thioether (sulfide) groups is 1. The summed E-state index contributed by atoms with van der Waals surface area (Å²) >= 11 is 5.31. The van der Waals surface area contributed by atoms with Crippen LogP contribution in [0.25, 0.3) is 0 Å². The minimum absolute atomic E-state index is 0.610. The lowest BCUT2D eigenvalue weighted by atomic mass is 10.2. The van der Waals surface area contributed by atoms with E-state index in [1.165, 1.54) is 4.90 Å². The van der Waals surface area contributed by atoms with Gasteiger partial charge in [-0.15, -0.1) is 11.8 Å². The average molecular weight is 270 g/mol. The van der Waals surface area contributed by atoms with Crippen LogP contribution in [0.1, 0.15) is 25.8 Å². The van der Waals surface area contributed by atoms with Crippen molar-refractivity contribution in [2.24, 2.45) is 0 Å². The molecule has 1 aromatic rings. The summed E-state index contributed by atoms with van der Waals surface area (Å²) in [5.74, 6) is 0. The fourth-order valence-electron chi connectivity index (χ4n) is 0.966. The number of hydrogen-bond donors (Lipinski definition) is 0. The Morgan fingerprint density at radius 1 is 1.57 bits per heavy atom. The molecule has 0 aliphatic carbocycles. The Hall–Kier alpha value is -0.460. The molecule has 0 saturated heterocycles. The maximum atomic E-state index is 8.70. The molecule has 1 unspecified atom stereocenters. The zero-order chi connectivity index (χ0) is 10.6. The van der Waals surface area contributed by atoms with Gasteiger partial charge in [0.2, 0.25) is 0 Å². The molecule has 0 radical (unpaired) electrons. The topological polar surface area (TPSA) is 23.8 Å². The molecule has 0 N–H and O–H groups in total. The van der Waals surface area contributed by atoms with Crippen LogP contribution in [0.4, 0.5) is 0 Å². The van der Waals surface area contributed by atoms with Crippen molar-refractivity contribution in [2.45, 2.75) is 30.4 Å². The molecule has 74 valence electrons. The largest absolute Gasteiger partial charge is 0.192 e. The van der Waals surface area contributed by atoms with Gasteiger partial charge in [0.25, 0.3) is 0 Å². The summed E-state index contributed by atoms with van der Waals surface area (Å²) in [7, 11) is 0. The van der Waals surface area contributed by atoms with E-state index in [-0.39, 0.29) is 0 Å². The molecule has 0 spiro atoms. The molecule has 0 aliphatic heterocycles. The number of rotatable bonds is 3. The number of hydrogen-bond acceptors (Lipinski definition) is 2. The Kier molecular flexibility index (Phi) is 4.50. The Morgan fingerprint density at radius 2 is 2.29 bits per heavy atom. The summed E-state index contributed by atoms with van der Waals surface area (Å²) in [6.07, 6.45) is 1.15. The molecule has 0 saturated carbocycles. The van der Waals surface area contributed by atoms with Crippen LogP contribution in [0, 0.1) is 11.3 Å². The smallest absolute Gasteiger partial charge is 0.0992 e. The Balaban J connectivity index is 2.85. The lowest BCUT2D eigenvalue weighted by Crippen LogP contribution is -1.92. The molecule has 1 rings (SSSR count). The van der Waals surface area contributed by atoms with Crippen molar-refractivity contribution >= 4 is 27.7 Å². The molecule has 1 nitrogen and oxygen atoms in total. The fraction of sp³-hybridized carbons (Fsp3) is 0.364. The zero-order valence-electron chi connectivity index (χ0n) is 8.25. The molecular weight excluding hydrogens is 258 g/mol. The van der Waals surface area contributed by atoms with Crippen LogP contribution in [0.5, 0.6) is 0 Å². The summed E-state index contributed by atoms with van der Waals surface area (Å²) < 4.78 is 1.02. The highest BCUT2D eigenvalue weighted by molar-refractivity contribution is 9.10. The Bertz CT molecular complexity index is 357. The van der Waals surface area contributed by atoms with Crippen LogP contribution in [-0.4, -0.2) is 5.25 Å². The van der Waals surface area contributed by atoms with E-state index in [1.54, 1.807) is 0 Å². The monoisotopic (exact) mass is 269 g/mol. The van der Waals surface area contributed by atoms with Gasteiger partial charge in [0, 0.05) is 14.6 Å². The van der Waals surface area contributed by atoms with Crippen molar-refractivity contribution in [2.75, 3.05) is 0 Å². The van der Waals surface area contributed by atoms with E-state index >= 15 is 0 Å². The van der Waals surface area contributed by atoms with Crippen molar-refractivity contribution in [1.82, 2.24) is 0 Å². The highest BCUT2D eigenvalue weighted by Crippen LogP contribution is 2.32. The van der Waals surface area contributed by atoms with Gasteiger partial charge in [-0.05, 0) is 40.5 Å². The van der Waals surface area contributed by atoms with Gasteiger partial charge in [0.15, 0.2) is 0 Å². The molecule has 0 aliphatic rings. The fourth-order valence-corrected chi connectivity index (χ4v) is 2.54. The van der Waals surface area contributed by atoms with Crippen molar-refractivity contribution in [3.63, 3.8) is 0 Å². The molecule has 0 fully saturated rings. The van der Waals surface area contributed by atoms with Crippen LogP contribution >= 0.6 is 27.7 Å². The quantitative estimate of drug-likeness (QED) is 0.768. The molecule has 3 heteroatoms. The van der Waals surface area contributed by atoms with E-state index in [4.69, 9.17) is 5.26 Å². The minimum Gasteiger partial charge on any atom is -0.192 e. The number of nitrogens with zero attached hydrogens (tertiary/aromatic N) is 1. The molecule has 0 aromatic heterocycles. The summed E-state index contributed by atoms with van der Waals surface area (Å²) in [4.78, 5) is 1.21. The van der Waals surface area contributed by atoms with Gasteiger partial charge in [-0.2, -0.15) is 5.26 Å². The molecule has 0 amide bonds. The van der Waals surface area contributed by atoms with Gasteiger partial charge in [-0.3, -0.25) is 0 Å². The van der Waals surface area contributed by atoms with E-state index in [2.05, 4.69) is 35.8 Å². The maximum absolute atomic E-state index is 8.70. The number of halogens is 1. The summed E-state index contributed by atoms with van der Waals surface area (Å²) in [6, 6.07) is 7.84. The van der Waals surface area contributed by atoms with Gasteiger partial charge >= 0.3 is 0 Å². The molecule has 0 heterocycles. The van der Waals surface area contributed by atoms with Gasteiger partial charge in [0.05, 0.1) is 11.6 Å². The van der Waals surface area contributed by atoms with Gasteiger partial charge < -0.3 is 0 Å². The van der Waals surface area contributed by atoms with Crippen molar-refractivity contribution < 1.29 is 0 Å². The van der Waals surface area contributed by atoms with Crippen molar-refractivity contribution in [1.29, 1.82) is 5.26 Å². The van der Waals surface area contributed by atoms with Crippen LogP contribution in [0.15, 0.2) is 27.6 Å². The van der Waals surface area contributed by atoms with E-state index in [9.17, 15) is 0 Å². The molecular formula is C11H12BrNS. The van der Waals surface area contributed by atoms with E-state index < -0.39 is 0 Å². The summed E-state index contributed by atoms with van der Waals surface area (Å²) in [6.45, 7) is 4.38. The van der Waals surface area contributed by atoms with Gasteiger partial charge in [-0.1, -0.05) is 13.8 Å². The molecule has 1 atom stereocenters. The van der Waals surface area contributed by atoms with Crippen molar-refractivity contribution in [3.8, 4) is 6.07 Å². The first kappa shape index (κ1) is 11.6. The highest BCUT2D eigenvalue weighted by atomic mass is 79.9. The molecule has 0 bridgehead atoms. The van der Waals surface area contributed by atoms with Crippen LogP contribution in [0.2, 0.25) is 0 Å². The SMILES string of the molecule is CCC(C)Sc1ccc(C#N)cc1Br. The predicted octanol–water partition coefficient (Wildman–Crippen LogP) is 4.21. The van der Waals surface area contributed by atoms with Gasteiger partial charge in [0.1, 0.15) is 0 Å². The first-order valence-electron chi connectivity index (χ1n) is 4.53. The third kappa shape index (κ3) is 3.04. The normalized spacial score (nSPS) is 12.1. The minimum atomic E-state index is 0.610. The summed E-state index contributed by atoms with van der Waals surface area (Å²) in [5.41, 5.74) is 0.699. The number of nitriles is 1. The second-order valence-electron chi connectivity index (χ2n) is 3.09. The predicted molar refractivity (Wildman–Crippen MR) is 64.5 cm³/mol. The third-order valence-corrected chi connectivity index (χ3v) is 4.23. The second kappa shape index (κ2) is 5.43. The standard InChI is InChI=1S/C11H12BrNS/c1-3-8(2)14-11-5-4-9(7-13)6-10(11)12/h4-6,8H,3H2,1-2H3. The van der Waals surface area contributed by atoms with Crippen LogP contribution in [-0.2, 0) is 0 Å². The van der Waals surface area contributed by atoms with E-state index in [0.717, 1.165) is 10.9 Å². The van der Waals surface area contributed by atoms with Crippen LogP contribution in [0.3, 0.4) is 0 Å². The van der Waals surface area contributed by atoms with Crippen LogP contribution < -0.4 is 0 Å². The van der Waals surface area contributed by atoms with Crippen molar-refractivity contribution in [3.05, 3.63) is 28.2 Å². The Morgan fingerprint density at radius 3 is 2.79 bits per heavy atom. The highest BCUT2D eigenvalue weighted by Gasteiger charge is 2.05. The lowest BCUT2D eigenvalue weighted by Gasteiger charge is -2.09. The summed E-state index contributed by atoms with van der Waals surface area (Å²) in [5, 5.41) is 9.31. The van der Waals surface area contributed by atoms with E-state index in [1.807, 2.05) is 30.0 Å². The average Bonchev–Trinajstić information content (AvgIpc) is 2.20. The first-order valence-corrected chi connectivity index (χ1v) is 6.21. The lowest BCUT2D eigenvalue weighted by molar-refractivity contribution is 0.905. The molecule has 1 aromatic carbocycles. The zero-order valence-corrected chi connectivity index (χ0v) is 10.7. The second-order valence-corrected chi connectivity index (χ2v) is 5.43. The Labute approximate surface area is 97.6 Å². The first-order chi connectivity index (χ1) is 6.67.